The first kappa shape index (κ1) is 49.5. The number of carboxylic acids is 2. The van der Waals surface area contributed by atoms with Crippen LogP contribution in [-0.2, 0) is 43.6 Å². The minimum absolute atomic E-state index is 0. The number of aliphatic hydroxyl groups is 1. The van der Waals surface area contributed by atoms with Gasteiger partial charge in [0.25, 0.3) is 0 Å². The number of hydrogen-bond acceptors (Lipinski definition) is 8. The molecule has 0 spiro atoms. The van der Waals surface area contributed by atoms with Crippen LogP contribution >= 0.6 is 12.4 Å². The number of amides is 1. The SMILES string of the molecule is CCCCS(=O)(=O)C[C@@H](N)C(=O)N[C@@H](Cc1cc(F)cc(F)c1)[C@H](O)CNCc1cccc(CC)c1.Cl.O=C(O)C(F)(F)F.O=C(O)C(F)(F)F. The number of nitrogens with two attached hydrogens (primary N) is 1. The third-order valence-electron chi connectivity index (χ3n) is 6.32. The second-order valence-corrected chi connectivity index (χ2v) is 12.9. The van der Waals surface area contributed by atoms with Crippen LogP contribution in [0.4, 0.5) is 35.1 Å². The Bertz CT molecular complexity index is 1450. The number of alkyl halides is 6. The summed E-state index contributed by atoms with van der Waals surface area (Å²) in [5.41, 5.74) is 8.29. The lowest BCUT2D eigenvalue weighted by atomic mass is 10.00. The number of benzene rings is 2. The molecule has 11 nitrogen and oxygen atoms in total. The second kappa shape index (κ2) is 23.1. The highest BCUT2D eigenvalue weighted by atomic mass is 35.5. The molecule has 2 aromatic carbocycles. The normalized spacial score (nSPS) is 13.2. The third kappa shape index (κ3) is 22.1. The molecule has 0 bridgehead atoms. The molecule has 0 heterocycles. The van der Waals surface area contributed by atoms with Gasteiger partial charge < -0.3 is 31.7 Å². The number of nitrogens with one attached hydrogen (secondary N) is 2. The molecular weight excluding hydrogens is 750 g/mol. The molecule has 51 heavy (non-hydrogen) atoms. The largest absolute Gasteiger partial charge is 0.490 e. The third-order valence-corrected chi connectivity index (χ3v) is 8.09. The smallest absolute Gasteiger partial charge is 0.475 e. The highest BCUT2D eigenvalue weighted by Gasteiger charge is 2.39. The van der Waals surface area contributed by atoms with Crippen LogP contribution in [0.3, 0.4) is 0 Å². The number of rotatable bonds is 15. The van der Waals surface area contributed by atoms with E-state index in [0.29, 0.717) is 19.4 Å². The lowest BCUT2D eigenvalue weighted by molar-refractivity contribution is -0.193. The summed E-state index contributed by atoms with van der Waals surface area (Å²) >= 11 is 0. The van der Waals surface area contributed by atoms with Crippen molar-refractivity contribution in [3.05, 3.63) is 70.8 Å². The number of carboxylic acid groups (broad SMARTS) is 2. The van der Waals surface area contributed by atoms with Crippen molar-refractivity contribution >= 4 is 40.1 Å². The van der Waals surface area contributed by atoms with Gasteiger partial charge in [0.2, 0.25) is 5.91 Å². The summed E-state index contributed by atoms with van der Waals surface area (Å²) in [4.78, 5) is 30.5. The van der Waals surface area contributed by atoms with E-state index in [-0.39, 0.29) is 36.7 Å². The first-order valence-electron chi connectivity index (χ1n) is 14.7. The zero-order valence-electron chi connectivity index (χ0n) is 27.2. The molecule has 1 amide bonds. The molecule has 0 unspecified atom stereocenters. The van der Waals surface area contributed by atoms with Gasteiger partial charge in [-0.25, -0.2) is 26.8 Å². The summed E-state index contributed by atoms with van der Waals surface area (Å²) in [6.45, 7) is 4.45. The van der Waals surface area contributed by atoms with Gasteiger partial charge in [-0.3, -0.25) is 4.79 Å². The maximum Gasteiger partial charge on any atom is 0.490 e. The molecule has 0 radical (unpaired) electrons. The molecule has 0 aliphatic heterocycles. The number of sulfone groups is 1. The number of aliphatic hydroxyl groups excluding tert-OH is 1. The van der Waals surface area contributed by atoms with Gasteiger partial charge >= 0.3 is 24.3 Å². The fourth-order valence-electron chi connectivity index (χ4n) is 3.82. The van der Waals surface area contributed by atoms with Gasteiger partial charge in [-0.15, -0.1) is 12.4 Å². The van der Waals surface area contributed by atoms with Crippen LogP contribution in [0.25, 0.3) is 0 Å². The average Bonchev–Trinajstić information content (AvgIpc) is 2.98. The van der Waals surface area contributed by atoms with Crippen molar-refractivity contribution in [2.45, 2.75) is 76.6 Å². The van der Waals surface area contributed by atoms with Crippen LogP contribution in [0.1, 0.15) is 43.4 Å². The van der Waals surface area contributed by atoms with Crippen LogP contribution in [0.5, 0.6) is 0 Å². The van der Waals surface area contributed by atoms with Crippen molar-refractivity contribution in [1.29, 1.82) is 0 Å². The summed E-state index contributed by atoms with van der Waals surface area (Å²) in [6, 6.07) is 8.64. The topological polar surface area (TPSA) is 196 Å². The maximum absolute atomic E-state index is 13.7. The molecule has 2 aromatic rings. The molecule has 0 aromatic heterocycles. The van der Waals surface area contributed by atoms with E-state index < -0.39 is 75.6 Å². The molecule has 21 heteroatoms. The van der Waals surface area contributed by atoms with Crippen LogP contribution in [0, 0.1) is 11.6 Å². The minimum atomic E-state index is -5.08. The van der Waals surface area contributed by atoms with Crippen molar-refractivity contribution in [2.75, 3.05) is 18.1 Å². The van der Waals surface area contributed by atoms with Crippen molar-refractivity contribution in [1.82, 2.24) is 10.6 Å². The predicted molar refractivity (Wildman–Crippen MR) is 172 cm³/mol. The average molecular weight is 790 g/mol. The van der Waals surface area contributed by atoms with Gasteiger partial charge in [0.1, 0.15) is 11.6 Å². The van der Waals surface area contributed by atoms with Gasteiger partial charge in [-0.2, -0.15) is 26.3 Å². The molecular formula is C30H40ClF8N3O8S. The molecule has 7 N–H and O–H groups in total. The van der Waals surface area contributed by atoms with Crippen molar-refractivity contribution < 1.29 is 73.2 Å². The van der Waals surface area contributed by atoms with E-state index in [4.69, 9.17) is 25.5 Å². The summed E-state index contributed by atoms with van der Waals surface area (Å²) in [7, 11) is -3.52. The summed E-state index contributed by atoms with van der Waals surface area (Å²) < 4.78 is 115. The number of aryl methyl sites for hydroxylation is 1. The van der Waals surface area contributed by atoms with E-state index in [1.54, 1.807) is 0 Å². The van der Waals surface area contributed by atoms with Crippen LogP contribution in [-0.4, -0.2) is 90.2 Å². The molecule has 0 fully saturated rings. The second-order valence-electron chi connectivity index (χ2n) is 10.6. The Kier molecular flexibility index (Phi) is 22.4. The first-order valence-corrected chi connectivity index (χ1v) is 16.5. The summed E-state index contributed by atoms with van der Waals surface area (Å²) in [6.07, 6.45) is -9.34. The molecule has 0 saturated heterocycles. The Morgan fingerprint density at radius 3 is 1.80 bits per heavy atom. The molecule has 0 aliphatic carbocycles. The van der Waals surface area contributed by atoms with Crippen molar-refractivity contribution in [2.24, 2.45) is 5.73 Å². The number of aliphatic carboxylic acids is 2. The number of hydrogen-bond donors (Lipinski definition) is 6. The molecule has 0 aliphatic rings. The molecule has 292 valence electrons. The molecule has 2 rings (SSSR count). The number of carbonyl (C=O) groups excluding carboxylic acids is 1. The summed E-state index contributed by atoms with van der Waals surface area (Å²) in [5, 5.41) is 30.8. The fourth-order valence-corrected chi connectivity index (χ4v) is 5.41. The standard InChI is InChI=1S/C26H37F2N3O4S.2C2HF3O2.ClH/c1-3-5-9-36(34,35)17-23(29)26(33)31-24(13-20-11-21(27)14-22(28)12-20)25(32)16-30-15-19-8-6-7-18(4-2)10-19;2*3-2(4,5)1(6)7;/h6-8,10-12,14,23-25,30,32H,3-5,9,13,15-17,29H2,1-2H3,(H,31,33);2*(H,6,7);1H/t23-,24+,25-;;;/m1.../s1. The van der Waals surface area contributed by atoms with Gasteiger partial charge in [-0.05, 0) is 48.1 Å². The Morgan fingerprint density at radius 2 is 1.35 bits per heavy atom. The first-order chi connectivity index (χ1) is 22.9. The fraction of sp³-hybridized carbons (Fsp3) is 0.500. The van der Waals surface area contributed by atoms with Gasteiger partial charge in [0, 0.05) is 19.2 Å². The van der Waals surface area contributed by atoms with Crippen LogP contribution < -0.4 is 16.4 Å². The van der Waals surface area contributed by atoms with Crippen molar-refractivity contribution in [3.63, 3.8) is 0 Å². The lowest BCUT2D eigenvalue weighted by Crippen LogP contribution is -2.54. The maximum atomic E-state index is 13.7. The van der Waals surface area contributed by atoms with Crippen LogP contribution in [0.15, 0.2) is 42.5 Å². The number of unbranched alkanes of at least 4 members (excludes halogenated alkanes) is 1. The Labute approximate surface area is 294 Å². The highest BCUT2D eigenvalue weighted by molar-refractivity contribution is 7.91. The van der Waals surface area contributed by atoms with E-state index in [1.807, 2.05) is 31.2 Å². The highest BCUT2D eigenvalue weighted by Crippen LogP contribution is 2.15. The van der Waals surface area contributed by atoms with Gasteiger partial charge in [-0.1, -0.05) is 44.5 Å². The van der Waals surface area contributed by atoms with Gasteiger partial charge in [0.05, 0.1) is 29.7 Å². The zero-order chi connectivity index (χ0) is 38.9. The Hall–Kier alpha value is -3.59. The van der Waals surface area contributed by atoms with E-state index >= 15 is 0 Å². The minimum Gasteiger partial charge on any atom is -0.475 e. The number of halogens is 9. The number of carbonyl (C=O) groups is 3. The van der Waals surface area contributed by atoms with Crippen molar-refractivity contribution in [3.8, 4) is 0 Å². The zero-order valence-corrected chi connectivity index (χ0v) is 28.9. The van der Waals surface area contributed by atoms with Gasteiger partial charge in [0.15, 0.2) is 9.84 Å². The van der Waals surface area contributed by atoms with E-state index in [0.717, 1.165) is 30.2 Å². The Morgan fingerprint density at radius 1 is 0.863 bits per heavy atom. The predicted octanol–water partition coefficient (Wildman–Crippen LogP) is 3.94. The molecule has 3 atom stereocenters. The summed E-state index contributed by atoms with van der Waals surface area (Å²) in [5.74, 6) is -8.43. The van der Waals surface area contributed by atoms with E-state index in [9.17, 15) is 53.4 Å². The lowest BCUT2D eigenvalue weighted by Gasteiger charge is -2.26. The monoisotopic (exact) mass is 789 g/mol. The van der Waals surface area contributed by atoms with E-state index in [1.165, 1.54) is 5.56 Å². The van der Waals surface area contributed by atoms with Crippen LogP contribution in [0.2, 0.25) is 0 Å². The quantitative estimate of drug-likeness (QED) is 0.144. The van der Waals surface area contributed by atoms with E-state index in [2.05, 4.69) is 17.6 Å². The Balaban J connectivity index is 0. The molecule has 0 saturated carbocycles.